The van der Waals surface area contributed by atoms with E-state index in [0.717, 1.165) is 0 Å². The summed E-state index contributed by atoms with van der Waals surface area (Å²) in [7, 11) is 6.07. The molecular formula is C19H24BrNO3. The predicted molar refractivity (Wildman–Crippen MR) is 89.7 cm³/mol. The van der Waals surface area contributed by atoms with Crippen molar-refractivity contribution in [3.63, 3.8) is 0 Å². The van der Waals surface area contributed by atoms with E-state index in [1.165, 1.54) is 0 Å². The first-order chi connectivity index (χ1) is 10.8. The average molecular weight is 394 g/mol. The van der Waals surface area contributed by atoms with Crippen LogP contribution in [0.1, 0.15) is 11.1 Å². The van der Waals surface area contributed by atoms with Crippen LogP contribution < -0.4 is 17.0 Å². The monoisotopic (exact) mass is 393 g/mol. The lowest BCUT2D eigenvalue weighted by Crippen LogP contribution is -3.00. The number of esters is 1. The number of halogens is 1. The predicted octanol–water partition coefficient (Wildman–Crippen LogP) is -0.824. The van der Waals surface area contributed by atoms with Crippen molar-refractivity contribution in [2.75, 3.05) is 34.3 Å². The zero-order chi connectivity index (χ0) is 16.9. The van der Waals surface area contributed by atoms with Gasteiger partial charge in [0, 0.05) is 0 Å². The Bertz CT molecular complexity index is 599. The topological polar surface area (TPSA) is 46.5 Å². The molecule has 0 amide bonds. The molecule has 0 saturated carbocycles. The number of carbonyl (C=O) groups is 1. The molecule has 0 bridgehead atoms. The second-order valence-corrected chi connectivity index (χ2v) is 6.59. The third-order valence-electron chi connectivity index (χ3n) is 3.67. The maximum absolute atomic E-state index is 12.7. The van der Waals surface area contributed by atoms with E-state index >= 15 is 0 Å². The summed E-state index contributed by atoms with van der Waals surface area (Å²) in [5, 5.41) is 11.2. The number of hydrogen-bond donors (Lipinski definition) is 1. The van der Waals surface area contributed by atoms with Gasteiger partial charge in [0.15, 0.2) is 0 Å². The molecule has 0 aliphatic rings. The van der Waals surface area contributed by atoms with Crippen molar-refractivity contribution in [3.8, 4) is 0 Å². The number of rotatable bonds is 6. The van der Waals surface area contributed by atoms with E-state index in [1.807, 2.05) is 33.3 Å². The molecule has 0 aliphatic carbocycles. The molecule has 0 atom stereocenters. The summed E-state index contributed by atoms with van der Waals surface area (Å²) in [5.41, 5.74) is -0.796. The summed E-state index contributed by atoms with van der Waals surface area (Å²) < 4.78 is 6.07. The molecule has 4 nitrogen and oxygen atoms in total. The maximum atomic E-state index is 12.7. The molecule has 0 unspecified atom stereocenters. The van der Waals surface area contributed by atoms with E-state index in [2.05, 4.69) is 0 Å². The summed E-state index contributed by atoms with van der Waals surface area (Å²) >= 11 is 0. The summed E-state index contributed by atoms with van der Waals surface area (Å²) in [6, 6.07) is 17.8. The van der Waals surface area contributed by atoms with E-state index in [0.29, 0.717) is 22.2 Å². The average Bonchev–Trinajstić information content (AvgIpc) is 2.54. The zero-order valence-corrected chi connectivity index (χ0v) is 15.9. The molecule has 1 N–H and O–H groups in total. The van der Waals surface area contributed by atoms with Crippen LogP contribution in [0.25, 0.3) is 0 Å². The van der Waals surface area contributed by atoms with E-state index in [1.54, 1.807) is 48.5 Å². The fourth-order valence-electron chi connectivity index (χ4n) is 2.28. The lowest BCUT2D eigenvalue weighted by molar-refractivity contribution is -0.870. The van der Waals surface area contributed by atoms with Gasteiger partial charge in [0.25, 0.3) is 0 Å². The summed E-state index contributed by atoms with van der Waals surface area (Å²) in [6.45, 7) is 0.926. The van der Waals surface area contributed by atoms with Crippen molar-refractivity contribution < 1.29 is 36.1 Å². The lowest BCUT2D eigenvalue weighted by Gasteiger charge is -2.28. The Morgan fingerprint density at radius 3 is 1.75 bits per heavy atom. The third kappa shape index (κ3) is 4.90. The van der Waals surface area contributed by atoms with E-state index in [9.17, 15) is 9.90 Å². The van der Waals surface area contributed by atoms with Crippen LogP contribution in [0.5, 0.6) is 0 Å². The first-order valence-electron chi connectivity index (χ1n) is 7.65. The number of hydrogen-bond acceptors (Lipinski definition) is 3. The van der Waals surface area contributed by atoms with Crippen molar-refractivity contribution in [2.45, 2.75) is 5.60 Å². The van der Waals surface area contributed by atoms with Crippen LogP contribution in [0.2, 0.25) is 0 Å². The van der Waals surface area contributed by atoms with Gasteiger partial charge < -0.3 is 31.3 Å². The molecule has 0 saturated heterocycles. The molecule has 0 aromatic heterocycles. The Morgan fingerprint density at radius 2 is 1.38 bits per heavy atom. The van der Waals surface area contributed by atoms with Crippen LogP contribution in [0.3, 0.4) is 0 Å². The standard InChI is InChI=1S/C19H24NO3.BrH/c1-20(2,3)14-15-23-18(21)19(22,16-10-6-4-7-11-16)17-12-8-5-9-13-17;/h4-13,22H,14-15H2,1-3H3;1H/q+1;/p-1. The summed E-state index contributed by atoms with van der Waals surface area (Å²) in [5.74, 6) is -0.650. The molecule has 2 aromatic rings. The highest BCUT2D eigenvalue weighted by molar-refractivity contribution is 5.85. The number of nitrogens with zero attached hydrogens (tertiary/aromatic N) is 1. The van der Waals surface area contributed by atoms with Gasteiger partial charge in [-0.3, -0.25) is 0 Å². The Labute approximate surface area is 154 Å². The summed E-state index contributed by atoms with van der Waals surface area (Å²) in [4.78, 5) is 12.7. The van der Waals surface area contributed by atoms with Gasteiger partial charge in [-0.1, -0.05) is 60.7 Å². The molecule has 0 fully saturated rings. The highest BCUT2D eigenvalue weighted by Crippen LogP contribution is 2.30. The van der Waals surface area contributed by atoms with Gasteiger partial charge in [0.05, 0.1) is 21.1 Å². The molecular weight excluding hydrogens is 370 g/mol. The van der Waals surface area contributed by atoms with Gasteiger partial charge in [-0.25, -0.2) is 4.79 Å². The Hall–Kier alpha value is -1.69. The lowest BCUT2D eigenvalue weighted by atomic mass is 9.86. The highest BCUT2D eigenvalue weighted by Gasteiger charge is 2.41. The first-order valence-corrected chi connectivity index (χ1v) is 7.65. The fraction of sp³-hybridized carbons (Fsp3) is 0.316. The number of quaternary nitrogens is 1. The van der Waals surface area contributed by atoms with Crippen LogP contribution in [0.4, 0.5) is 0 Å². The Kier molecular flexibility index (Phi) is 7.14. The van der Waals surface area contributed by atoms with E-state index in [4.69, 9.17) is 4.74 Å². The first kappa shape index (κ1) is 20.4. The quantitative estimate of drug-likeness (QED) is 0.515. The normalized spacial score (nSPS) is 11.5. The molecule has 130 valence electrons. The van der Waals surface area contributed by atoms with Crippen LogP contribution in [0.15, 0.2) is 60.7 Å². The van der Waals surface area contributed by atoms with Crippen molar-refractivity contribution in [1.82, 2.24) is 0 Å². The maximum Gasteiger partial charge on any atom is 0.347 e. The minimum absolute atomic E-state index is 0. The molecule has 0 aliphatic heterocycles. The van der Waals surface area contributed by atoms with Gasteiger partial charge in [-0.2, -0.15) is 0 Å². The van der Waals surface area contributed by atoms with Gasteiger partial charge in [-0.15, -0.1) is 0 Å². The van der Waals surface area contributed by atoms with E-state index < -0.39 is 11.6 Å². The highest BCUT2D eigenvalue weighted by atomic mass is 79.9. The SMILES string of the molecule is C[N+](C)(C)CCOC(=O)C(O)(c1ccccc1)c1ccccc1.[Br-]. The molecule has 2 aromatic carbocycles. The molecule has 0 heterocycles. The minimum atomic E-state index is -1.80. The largest absolute Gasteiger partial charge is 1.00 e. The van der Waals surface area contributed by atoms with Crippen molar-refractivity contribution >= 4 is 5.97 Å². The minimum Gasteiger partial charge on any atom is -1.00 e. The molecule has 0 spiro atoms. The van der Waals surface area contributed by atoms with Crippen LogP contribution in [0, 0.1) is 0 Å². The van der Waals surface area contributed by atoms with Crippen LogP contribution in [-0.2, 0) is 15.1 Å². The van der Waals surface area contributed by atoms with Crippen LogP contribution in [-0.4, -0.2) is 49.9 Å². The number of ether oxygens (including phenoxy) is 1. The number of benzene rings is 2. The van der Waals surface area contributed by atoms with Crippen molar-refractivity contribution in [1.29, 1.82) is 0 Å². The Morgan fingerprint density at radius 1 is 0.958 bits per heavy atom. The van der Waals surface area contributed by atoms with Crippen molar-refractivity contribution in [2.24, 2.45) is 0 Å². The smallest absolute Gasteiger partial charge is 0.347 e. The van der Waals surface area contributed by atoms with Gasteiger partial charge >= 0.3 is 5.97 Å². The second kappa shape index (κ2) is 8.42. The van der Waals surface area contributed by atoms with Gasteiger partial charge in [0.1, 0.15) is 13.2 Å². The fourth-order valence-corrected chi connectivity index (χ4v) is 2.28. The molecule has 5 heteroatoms. The van der Waals surface area contributed by atoms with Gasteiger partial charge in [-0.05, 0) is 11.1 Å². The summed E-state index contributed by atoms with van der Waals surface area (Å²) in [6.07, 6.45) is 0. The molecule has 0 radical (unpaired) electrons. The van der Waals surface area contributed by atoms with Crippen molar-refractivity contribution in [3.05, 3.63) is 71.8 Å². The zero-order valence-electron chi connectivity index (χ0n) is 14.3. The van der Waals surface area contributed by atoms with Gasteiger partial charge in [0.2, 0.25) is 5.60 Å². The molecule has 24 heavy (non-hydrogen) atoms. The number of carbonyl (C=O) groups excluding carboxylic acids is 1. The van der Waals surface area contributed by atoms with E-state index in [-0.39, 0.29) is 23.6 Å². The second-order valence-electron chi connectivity index (χ2n) is 6.59. The Balaban J connectivity index is 0.00000288. The molecule has 2 rings (SSSR count). The third-order valence-corrected chi connectivity index (χ3v) is 3.67. The van der Waals surface area contributed by atoms with Crippen LogP contribution >= 0.6 is 0 Å². The number of likely N-dealkylation sites (N-methyl/N-ethyl adjacent to an activating group) is 1. The number of aliphatic hydroxyl groups is 1.